The van der Waals surface area contributed by atoms with E-state index in [1.807, 2.05) is 12.1 Å². The Bertz CT molecular complexity index is 714. The molecule has 2 N–H and O–H groups in total. The van der Waals surface area contributed by atoms with Crippen molar-refractivity contribution >= 4 is 11.7 Å². The van der Waals surface area contributed by atoms with E-state index in [0.29, 0.717) is 24.6 Å². The summed E-state index contributed by atoms with van der Waals surface area (Å²) >= 11 is 0. The molecular weight excluding hydrogens is 330 g/mol. The van der Waals surface area contributed by atoms with Crippen molar-refractivity contribution in [1.29, 1.82) is 0 Å². The van der Waals surface area contributed by atoms with Crippen molar-refractivity contribution in [2.24, 2.45) is 0 Å². The van der Waals surface area contributed by atoms with E-state index in [4.69, 9.17) is 4.74 Å². The molecular formula is C19H25N5O2. The summed E-state index contributed by atoms with van der Waals surface area (Å²) in [5, 5.41) is 14.2. The Hall–Kier alpha value is -2.51. The highest BCUT2D eigenvalue weighted by Gasteiger charge is 2.12. The number of rotatable bonds is 7. The summed E-state index contributed by atoms with van der Waals surface area (Å²) in [5.41, 5.74) is 2.76. The summed E-state index contributed by atoms with van der Waals surface area (Å²) in [5.74, 6) is 0.453. The van der Waals surface area contributed by atoms with E-state index < -0.39 is 0 Å². The van der Waals surface area contributed by atoms with Crippen molar-refractivity contribution in [3.63, 3.8) is 0 Å². The van der Waals surface area contributed by atoms with Crippen molar-refractivity contribution in [3.8, 4) is 0 Å². The molecule has 0 unspecified atom stereocenters. The second-order valence-electron chi connectivity index (χ2n) is 6.29. The van der Waals surface area contributed by atoms with E-state index in [1.54, 1.807) is 12.1 Å². The highest BCUT2D eigenvalue weighted by molar-refractivity contribution is 5.92. The van der Waals surface area contributed by atoms with Gasteiger partial charge in [-0.25, -0.2) is 0 Å². The van der Waals surface area contributed by atoms with Gasteiger partial charge in [0.2, 0.25) is 0 Å². The number of nitrogens with one attached hydrogen (secondary N) is 2. The van der Waals surface area contributed by atoms with Crippen molar-refractivity contribution in [3.05, 3.63) is 53.2 Å². The van der Waals surface area contributed by atoms with E-state index in [2.05, 4.69) is 44.8 Å². The lowest BCUT2D eigenvalue weighted by Gasteiger charge is -2.26. The topological polar surface area (TPSA) is 79.4 Å². The minimum atomic E-state index is -0.198. The first-order valence-corrected chi connectivity index (χ1v) is 8.93. The number of benzene rings is 1. The van der Waals surface area contributed by atoms with Gasteiger partial charge in [0.05, 0.1) is 13.2 Å². The number of carbonyl (C=O) groups is 1. The summed E-state index contributed by atoms with van der Waals surface area (Å²) in [6.45, 7) is 7.51. The van der Waals surface area contributed by atoms with Crippen LogP contribution in [0.15, 0.2) is 36.4 Å². The Labute approximate surface area is 153 Å². The van der Waals surface area contributed by atoms with Crippen LogP contribution in [0.25, 0.3) is 0 Å². The molecule has 26 heavy (non-hydrogen) atoms. The van der Waals surface area contributed by atoms with E-state index in [-0.39, 0.29) is 5.91 Å². The van der Waals surface area contributed by atoms with Crippen molar-refractivity contribution in [2.45, 2.75) is 13.5 Å². The number of amides is 1. The number of nitrogens with zero attached hydrogens (tertiary/aromatic N) is 3. The lowest BCUT2D eigenvalue weighted by Crippen LogP contribution is -2.41. The minimum absolute atomic E-state index is 0.198. The van der Waals surface area contributed by atoms with Gasteiger partial charge in [-0.1, -0.05) is 24.3 Å². The van der Waals surface area contributed by atoms with Crippen LogP contribution in [0.1, 0.15) is 21.6 Å². The number of aryl methyl sites for hydroxylation is 1. The third-order valence-corrected chi connectivity index (χ3v) is 4.44. The second-order valence-corrected chi connectivity index (χ2v) is 6.29. The molecule has 7 nitrogen and oxygen atoms in total. The van der Waals surface area contributed by atoms with Crippen LogP contribution >= 0.6 is 0 Å². The van der Waals surface area contributed by atoms with Crippen LogP contribution in [0, 0.1) is 6.92 Å². The highest BCUT2D eigenvalue weighted by Crippen LogP contribution is 2.10. The Balaban J connectivity index is 1.44. The van der Waals surface area contributed by atoms with Crippen LogP contribution in [0.2, 0.25) is 0 Å². The number of hydrogen-bond acceptors (Lipinski definition) is 6. The van der Waals surface area contributed by atoms with E-state index in [1.165, 1.54) is 11.1 Å². The molecule has 1 fully saturated rings. The number of ether oxygens (including phenoxy) is 1. The van der Waals surface area contributed by atoms with E-state index in [9.17, 15) is 4.79 Å². The lowest BCUT2D eigenvalue weighted by atomic mass is 10.1. The Morgan fingerprint density at radius 1 is 1.15 bits per heavy atom. The van der Waals surface area contributed by atoms with Crippen molar-refractivity contribution < 1.29 is 9.53 Å². The lowest BCUT2D eigenvalue weighted by molar-refractivity contribution is 0.0383. The van der Waals surface area contributed by atoms with E-state index >= 15 is 0 Å². The molecule has 0 saturated carbocycles. The van der Waals surface area contributed by atoms with Gasteiger partial charge in [-0.15, -0.1) is 10.2 Å². The first-order chi connectivity index (χ1) is 12.7. The fraction of sp³-hybridized carbons (Fsp3) is 0.421. The van der Waals surface area contributed by atoms with Crippen molar-refractivity contribution in [1.82, 2.24) is 20.4 Å². The molecule has 2 heterocycles. The maximum Gasteiger partial charge on any atom is 0.271 e. The Morgan fingerprint density at radius 2 is 1.96 bits per heavy atom. The predicted octanol–water partition coefficient (Wildman–Crippen LogP) is 1.46. The molecule has 0 radical (unpaired) electrons. The maximum absolute atomic E-state index is 12.1. The van der Waals surface area contributed by atoms with Gasteiger partial charge in [0.1, 0.15) is 5.82 Å². The summed E-state index contributed by atoms with van der Waals surface area (Å²) < 4.78 is 5.31. The maximum atomic E-state index is 12.1. The number of hydrogen-bond donors (Lipinski definition) is 2. The average Bonchev–Trinajstić information content (AvgIpc) is 2.68. The minimum Gasteiger partial charge on any atom is -0.379 e. The molecule has 1 aromatic heterocycles. The predicted molar refractivity (Wildman–Crippen MR) is 100 cm³/mol. The van der Waals surface area contributed by atoms with Gasteiger partial charge in [0, 0.05) is 32.7 Å². The molecule has 0 bridgehead atoms. The number of morpholine rings is 1. The number of aromatic nitrogens is 2. The molecule has 1 aliphatic rings. The van der Waals surface area contributed by atoms with Gasteiger partial charge in [-0.2, -0.15) is 0 Å². The SMILES string of the molecule is Cc1ccccc1CNc1ccc(C(=O)NCCN2CCOCC2)nn1. The standard InChI is InChI=1S/C19H25N5O2/c1-15-4-2-3-5-16(15)14-21-18-7-6-17(22-23-18)19(25)20-8-9-24-10-12-26-13-11-24/h2-7H,8-14H2,1H3,(H,20,25)(H,21,23). The van der Waals surface area contributed by atoms with Crippen LogP contribution in [0.4, 0.5) is 5.82 Å². The molecule has 1 amide bonds. The molecule has 2 aromatic rings. The molecule has 0 atom stereocenters. The van der Waals surface area contributed by atoms with Crippen LogP contribution in [-0.4, -0.2) is 60.4 Å². The fourth-order valence-corrected chi connectivity index (χ4v) is 2.78. The fourth-order valence-electron chi connectivity index (χ4n) is 2.78. The molecule has 1 aliphatic heterocycles. The van der Waals surface area contributed by atoms with Crippen LogP contribution in [-0.2, 0) is 11.3 Å². The molecule has 1 saturated heterocycles. The third-order valence-electron chi connectivity index (χ3n) is 4.44. The first-order valence-electron chi connectivity index (χ1n) is 8.93. The van der Waals surface area contributed by atoms with E-state index in [0.717, 1.165) is 32.8 Å². The quantitative estimate of drug-likeness (QED) is 0.783. The highest BCUT2D eigenvalue weighted by atomic mass is 16.5. The molecule has 0 spiro atoms. The van der Waals surface area contributed by atoms with Gasteiger partial charge >= 0.3 is 0 Å². The zero-order valence-corrected chi connectivity index (χ0v) is 15.1. The van der Waals surface area contributed by atoms with Crippen LogP contribution in [0.3, 0.4) is 0 Å². The van der Waals surface area contributed by atoms with Gasteiger partial charge in [0.25, 0.3) is 5.91 Å². The average molecular weight is 355 g/mol. The van der Waals surface area contributed by atoms with Crippen LogP contribution < -0.4 is 10.6 Å². The third kappa shape index (κ3) is 5.24. The molecule has 3 rings (SSSR count). The Morgan fingerprint density at radius 3 is 2.69 bits per heavy atom. The first kappa shape index (κ1) is 18.3. The summed E-state index contributed by atoms with van der Waals surface area (Å²) in [6.07, 6.45) is 0. The molecule has 138 valence electrons. The summed E-state index contributed by atoms with van der Waals surface area (Å²) in [7, 11) is 0. The molecule has 7 heteroatoms. The summed E-state index contributed by atoms with van der Waals surface area (Å²) in [6, 6.07) is 11.7. The van der Waals surface area contributed by atoms with Crippen molar-refractivity contribution in [2.75, 3.05) is 44.7 Å². The summed E-state index contributed by atoms with van der Waals surface area (Å²) in [4.78, 5) is 14.4. The molecule has 1 aromatic carbocycles. The normalized spacial score (nSPS) is 14.8. The number of anilines is 1. The van der Waals surface area contributed by atoms with Gasteiger partial charge in [0.15, 0.2) is 5.69 Å². The monoisotopic (exact) mass is 355 g/mol. The largest absolute Gasteiger partial charge is 0.379 e. The smallest absolute Gasteiger partial charge is 0.271 e. The van der Waals surface area contributed by atoms with Gasteiger partial charge < -0.3 is 15.4 Å². The van der Waals surface area contributed by atoms with Gasteiger partial charge in [-0.05, 0) is 30.2 Å². The number of carbonyl (C=O) groups excluding carboxylic acids is 1. The molecule has 0 aliphatic carbocycles. The van der Waals surface area contributed by atoms with Gasteiger partial charge in [-0.3, -0.25) is 9.69 Å². The zero-order chi connectivity index (χ0) is 18.2. The second kappa shape index (κ2) is 9.26. The zero-order valence-electron chi connectivity index (χ0n) is 15.1. The Kier molecular flexibility index (Phi) is 6.51. The van der Waals surface area contributed by atoms with Crippen LogP contribution in [0.5, 0.6) is 0 Å².